The van der Waals surface area contributed by atoms with E-state index in [1.165, 1.54) is 0 Å². The molecule has 0 aliphatic heterocycles. The van der Waals surface area contributed by atoms with Crippen molar-refractivity contribution in [1.29, 1.82) is 0 Å². The van der Waals surface area contributed by atoms with Crippen LogP contribution in [0.3, 0.4) is 0 Å². The van der Waals surface area contributed by atoms with Gasteiger partial charge in [0, 0.05) is 18.1 Å². The van der Waals surface area contributed by atoms with E-state index in [-0.39, 0.29) is 24.0 Å². The quantitative estimate of drug-likeness (QED) is 0.321. The summed E-state index contributed by atoms with van der Waals surface area (Å²) in [5.41, 5.74) is 1.05. The van der Waals surface area contributed by atoms with Gasteiger partial charge in [0.15, 0.2) is 5.96 Å². The van der Waals surface area contributed by atoms with E-state index in [0.29, 0.717) is 18.1 Å². The zero-order valence-corrected chi connectivity index (χ0v) is 15.4. The highest BCUT2D eigenvalue weighted by atomic mass is 127. The smallest absolute Gasteiger partial charge is 0.192 e. The summed E-state index contributed by atoms with van der Waals surface area (Å²) in [5, 5.41) is 6.86. The Balaban J connectivity index is 0.00000400. The molecule has 0 amide bonds. The summed E-state index contributed by atoms with van der Waals surface area (Å²) < 4.78 is 5.12. The number of terminal acetylenes is 1. The average Bonchev–Trinajstić information content (AvgIpc) is 2.46. The summed E-state index contributed by atoms with van der Waals surface area (Å²) in [6, 6.07) is 5.66. The Morgan fingerprint density at radius 2 is 2.19 bits per heavy atom. The highest BCUT2D eigenvalue weighted by Crippen LogP contribution is 2.22. The lowest BCUT2D eigenvalue weighted by molar-refractivity contribution is 0.414. The molecule has 0 bridgehead atoms. The van der Waals surface area contributed by atoms with Gasteiger partial charge in [-0.15, -0.1) is 30.4 Å². The maximum absolute atomic E-state index is 6.18. The van der Waals surface area contributed by atoms with Gasteiger partial charge >= 0.3 is 0 Å². The lowest BCUT2D eigenvalue weighted by Crippen LogP contribution is -2.37. The highest BCUT2D eigenvalue weighted by molar-refractivity contribution is 14.0. The first-order valence-electron chi connectivity index (χ1n) is 6.49. The molecule has 0 heterocycles. The molecule has 0 atom stereocenters. The molecule has 1 aromatic rings. The minimum atomic E-state index is 0. The summed E-state index contributed by atoms with van der Waals surface area (Å²) in [5.74, 6) is 3.99. The highest BCUT2D eigenvalue weighted by Gasteiger charge is 2.02. The second-order valence-corrected chi connectivity index (χ2v) is 4.43. The molecule has 116 valence electrons. The summed E-state index contributed by atoms with van der Waals surface area (Å²) in [6.07, 6.45) is 5.97. The molecule has 0 unspecified atom stereocenters. The van der Waals surface area contributed by atoms with Gasteiger partial charge in [-0.05, 0) is 31.0 Å². The third kappa shape index (κ3) is 7.44. The van der Waals surface area contributed by atoms with Gasteiger partial charge in [0.25, 0.3) is 0 Å². The van der Waals surface area contributed by atoms with E-state index < -0.39 is 0 Å². The molecule has 2 N–H and O–H groups in total. The van der Waals surface area contributed by atoms with Crippen molar-refractivity contribution in [3.63, 3.8) is 0 Å². The molecule has 0 aliphatic rings. The Labute approximate surface area is 148 Å². The lowest BCUT2D eigenvalue weighted by atomic mass is 10.1. The van der Waals surface area contributed by atoms with Crippen LogP contribution in [-0.2, 0) is 6.42 Å². The molecular weight excluding hydrogens is 401 g/mol. The van der Waals surface area contributed by atoms with Gasteiger partial charge in [0.1, 0.15) is 5.75 Å². The fourth-order valence-electron chi connectivity index (χ4n) is 1.62. The van der Waals surface area contributed by atoms with E-state index in [1.807, 2.05) is 25.1 Å². The number of guanidine groups is 1. The molecule has 4 nitrogen and oxygen atoms in total. The van der Waals surface area contributed by atoms with Gasteiger partial charge in [-0.3, -0.25) is 4.99 Å². The molecule has 0 saturated heterocycles. The van der Waals surface area contributed by atoms with Crippen LogP contribution in [0, 0.1) is 12.3 Å². The number of benzene rings is 1. The molecule has 0 saturated carbocycles. The van der Waals surface area contributed by atoms with Gasteiger partial charge in [0.05, 0.1) is 13.7 Å². The summed E-state index contributed by atoms with van der Waals surface area (Å²) >= 11 is 6.18. The third-order valence-electron chi connectivity index (χ3n) is 2.61. The Hall–Kier alpha value is -1.13. The van der Waals surface area contributed by atoms with E-state index >= 15 is 0 Å². The van der Waals surface area contributed by atoms with Gasteiger partial charge in [-0.2, -0.15) is 0 Å². The Morgan fingerprint density at radius 3 is 2.76 bits per heavy atom. The van der Waals surface area contributed by atoms with Crippen LogP contribution in [0.4, 0.5) is 0 Å². The first-order chi connectivity index (χ1) is 9.71. The van der Waals surface area contributed by atoms with Gasteiger partial charge in [0.2, 0.25) is 0 Å². The fraction of sp³-hybridized carbons (Fsp3) is 0.400. The number of rotatable bonds is 6. The van der Waals surface area contributed by atoms with Crippen LogP contribution < -0.4 is 15.4 Å². The van der Waals surface area contributed by atoms with Gasteiger partial charge in [-0.1, -0.05) is 23.6 Å². The zero-order valence-electron chi connectivity index (χ0n) is 12.3. The lowest BCUT2D eigenvalue weighted by Gasteiger charge is -2.09. The zero-order chi connectivity index (χ0) is 14.8. The van der Waals surface area contributed by atoms with Crippen molar-refractivity contribution >= 4 is 41.5 Å². The average molecular weight is 422 g/mol. The number of nitrogens with one attached hydrogen (secondary N) is 2. The molecule has 0 fully saturated rings. The molecule has 6 heteroatoms. The molecule has 0 aliphatic carbocycles. The summed E-state index contributed by atoms with van der Waals surface area (Å²) in [7, 11) is 1.62. The van der Waals surface area contributed by atoms with E-state index in [2.05, 4.69) is 21.5 Å². The SMILES string of the molecule is C#CCNC(=NCCc1ccc(OC)cc1Cl)NCC.I. The van der Waals surface area contributed by atoms with Crippen LogP contribution in [0.15, 0.2) is 23.2 Å². The minimum absolute atomic E-state index is 0. The van der Waals surface area contributed by atoms with Crippen LogP contribution in [-0.4, -0.2) is 32.7 Å². The van der Waals surface area contributed by atoms with Crippen molar-refractivity contribution < 1.29 is 4.74 Å². The predicted octanol–water partition coefficient (Wildman–Crippen LogP) is 2.70. The van der Waals surface area contributed by atoms with Crippen LogP contribution >= 0.6 is 35.6 Å². The second-order valence-electron chi connectivity index (χ2n) is 4.03. The van der Waals surface area contributed by atoms with Gasteiger partial charge < -0.3 is 15.4 Å². The number of hydrogen-bond acceptors (Lipinski definition) is 2. The van der Waals surface area contributed by atoms with Crippen LogP contribution in [0.25, 0.3) is 0 Å². The van der Waals surface area contributed by atoms with Crippen molar-refractivity contribution in [1.82, 2.24) is 10.6 Å². The molecule has 21 heavy (non-hydrogen) atoms. The van der Waals surface area contributed by atoms with E-state index in [9.17, 15) is 0 Å². The van der Waals surface area contributed by atoms with Gasteiger partial charge in [-0.25, -0.2) is 0 Å². The molecular formula is C15H21ClIN3O. The number of methoxy groups -OCH3 is 1. The Morgan fingerprint density at radius 1 is 1.43 bits per heavy atom. The second kappa shape index (κ2) is 11.5. The predicted molar refractivity (Wildman–Crippen MR) is 99.9 cm³/mol. The van der Waals surface area contributed by atoms with Crippen molar-refractivity contribution in [3.05, 3.63) is 28.8 Å². The summed E-state index contributed by atoms with van der Waals surface area (Å²) in [4.78, 5) is 4.44. The number of halogens is 2. The fourth-order valence-corrected chi connectivity index (χ4v) is 1.89. The number of nitrogens with zero attached hydrogens (tertiary/aromatic N) is 1. The summed E-state index contributed by atoms with van der Waals surface area (Å²) in [6.45, 7) is 3.88. The monoisotopic (exact) mass is 421 g/mol. The van der Waals surface area contributed by atoms with Crippen LogP contribution in [0.1, 0.15) is 12.5 Å². The van der Waals surface area contributed by atoms with Crippen molar-refractivity contribution in [2.24, 2.45) is 4.99 Å². The minimum Gasteiger partial charge on any atom is -0.497 e. The first-order valence-corrected chi connectivity index (χ1v) is 6.87. The van der Waals surface area contributed by atoms with Crippen molar-refractivity contribution in [2.75, 3.05) is 26.7 Å². The molecule has 0 spiro atoms. The third-order valence-corrected chi connectivity index (χ3v) is 2.97. The standard InChI is InChI=1S/C15H20ClN3O.HI/c1-4-9-18-15(17-5-2)19-10-8-12-6-7-13(20-3)11-14(12)16;/h1,6-7,11H,5,8-10H2,2-3H3,(H2,17,18,19);1H. The van der Waals surface area contributed by atoms with Crippen LogP contribution in [0.2, 0.25) is 5.02 Å². The van der Waals surface area contributed by atoms with Crippen molar-refractivity contribution in [2.45, 2.75) is 13.3 Å². The Bertz CT molecular complexity index is 500. The van der Waals surface area contributed by atoms with Crippen molar-refractivity contribution in [3.8, 4) is 18.1 Å². The largest absolute Gasteiger partial charge is 0.497 e. The Kier molecular flexibility index (Phi) is 10.9. The van der Waals surface area contributed by atoms with E-state index in [0.717, 1.165) is 30.2 Å². The maximum atomic E-state index is 6.18. The molecule has 0 aromatic heterocycles. The number of ether oxygens (including phenoxy) is 1. The number of aliphatic imine (C=N–C) groups is 1. The number of hydrogen-bond donors (Lipinski definition) is 2. The molecule has 1 aromatic carbocycles. The molecule has 1 rings (SSSR count). The first kappa shape index (κ1) is 19.9. The van der Waals surface area contributed by atoms with Crippen LogP contribution in [0.5, 0.6) is 5.75 Å². The maximum Gasteiger partial charge on any atom is 0.192 e. The normalized spacial score (nSPS) is 10.3. The molecule has 0 radical (unpaired) electrons. The topological polar surface area (TPSA) is 45.7 Å². The van der Waals surface area contributed by atoms with E-state index in [1.54, 1.807) is 7.11 Å². The van der Waals surface area contributed by atoms with E-state index in [4.69, 9.17) is 22.8 Å².